The van der Waals surface area contributed by atoms with E-state index in [-0.39, 0.29) is 11.8 Å². The van der Waals surface area contributed by atoms with Gasteiger partial charge in [-0.05, 0) is 48.4 Å². The zero-order valence-corrected chi connectivity index (χ0v) is 12.2. The van der Waals surface area contributed by atoms with Crippen molar-refractivity contribution in [3.63, 3.8) is 0 Å². The van der Waals surface area contributed by atoms with E-state index in [0.717, 1.165) is 11.1 Å². The second-order valence-electron chi connectivity index (χ2n) is 4.45. The van der Waals surface area contributed by atoms with Gasteiger partial charge in [-0.2, -0.15) is 0 Å². The molecule has 2 aromatic carbocycles. The van der Waals surface area contributed by atoms with Gasteiger partial charge in [-0.3, -0.25) is 0 Å². The maximum atomic E-state index is 11.8. The monoisotopic (exact) mass is 302 g/mol. The van der Waals surface area contributed by atoms with Crippen LogP contribution in [0.15, 0.2) is 48.7 Å². The lowest BCUT2D eigenvalue weighted by atomic mass is 10.2. The summed E-state index contributed by atoms with van der Waals surface area (Å²) >= 11 is 6.00. The zero-order chi connectivity index (χ0) is 15.2. The number of phenolic OH excluding ortho intramolecular Hbond substituents is 1. The molecule has 0 aliphatic rings. The number of anilines is 1. The van der Waals surface area contributed by atoms with Gasteiger partial charge < -0.3 is 15.7 Å². The third-order valence-corrected chi connectivity index (χ3v) is 3.18. The Hall–Kier alpha value is -2.46. The van der Waals surface area contributed by atoms with Gasteiger partial charge in [0.1, 0.15) is 5.75 Å². The number of amides is 2. The molecule has 2 amide bonds. The van der Waals surface area contributed by atoms with Gasteiger partial charge in [0.15, 0.2) is 0 Å². The number of hydrogen-bond donors (Lipinski definition) is 3. The van der Waals surface area contributed by atoms with Gasteiger partial charge in [-0.15, -0.1) is 0 Å². The molecule has 21 heavy (non-hydrogen) atoms. The van der Waals surface area contributed by atoms with Crippen LogP contribution in [0.2, 0.25) is 5.02 Å². The molecule has 2 rings (SSSR count). The summed E-state index contributed by atoms with van der Waals surface area (Å²) in [6.07, 6.45) is 3.23. The molecule has 0 atom stereocenters. The highest BCUT2D eigenvalue weighted by Crippen LogP contribution is 2.20. The smallest absolute Gasteiger partial charge is 0.323 e. The van der Waals surface area contributed by atoms with E-state index in [1.54, 1.807) is 31.2 Å². The number of hydrogen-bond acceptors (Lipinski definition) is 2. The summed E-state index contributed by atoms with van der Waals surface area (Å²) in [5.41, 5.74) is 2.23. The van der Waals surface area contributed by atoms with Crippen molar-refractivity contribution < 1.29 is 9.90 Å². The fraction of sp³-hybridized carbons (Fsp3) is 0.0625. The molecule has 2 aromatic rings. The molecular formula is C16H15ClN2O2. The highest BCUT2D eigenvalue weighted by molar-refractivity contribution is 6.32. The van der Waals surface area contributed by atoms with E-state index in [0.29, 0.717) is 10.7 Å². The van der Waals surface area contributed by atoms with Crippen molar-refractivity contribution in [3.05, 3.63) is 64.8 Å². The van der Waals surface area contributed by atoms with Crippen LogP contribution < -0.4 is 10.6 Å². The number of aryl methyl sites for hydroxylation is 1. The molecule has 0 aliphatic heterocycles. The Morgan fingerprint density at radius 3 is 2.71 bits per heavy atom. The van der Waals surface area contributed by atoms with Crippen LogP contribution in [0.4, 0.5) is 10.5 Å². The third kappa shape index (κ3) is 4.26. The zero-order valence-electron chi connectivity index (χ0n) is 11.4. The molecule has 0 fully saturated rings. The minimum atomic E-state index is -0.368. The van der Waals surface area contributed by atoms with Crippen LogP contribution in [0.25, 0.3) is 6.08 Å². The van der Waals surface area contributed by atoms with Crippen LogP contribution in [0.1, 0.15) is 11.1 Å². The Kier molecular flexibility index (Phi) is 4.85. The van der Waals surface area contributed by atoms with E-state index in [2.05, 4.69) is 10.6 Å². The van der Waals surface area contributed by atoms with Gasteiger partial charge in [-0.1, -0.05) is 29.8 Å². The molecule has 0 saturated heterocycles. The van der Waals surface area contributed by atoms with Crippen molar-refractivity contribution in [1.82, 2.24) is 5.32 Å². The Labute approximate surface area is 128 Å². The van der Waals surface area contributed by atoms with Crippen LogP contribution in [0.5, 0.6) is 5.75 Å². The fourth-order valence-corrected chi connectivity index (χ4v) is 1.96. The third-order valence-electron chi connectivity index (χ3n) is 2.84. The molecule has 0 heterocycles. The van der Waals surface area contributed by atoms with E-state index in [4.69, 9.17) is 11.6 Å². The Balaban J connectivity index is 1.95. The van der Waals surface area contributed by atoms with Gasteiger partial charge in [0.2, 0.25) is 0 Å². The van der Waals surface area contributed by atoms with E-state index in [1.165, 1.54) is 12.3 Å². The predicted octanol–water partition coefficient (Wildman–Crippen LogP) is 4.15. The second-order valence-corrected chi connectivity index (χ2v) is 4.86. The number of carbonyl (C=O) groups is 1. The van der Waals surface area contributed by atoms with Crippen molar-refractivity contribution in [2.24, 2.45) is 0 Å². The molecule has 3 N–H and O–H groups in total. The molecular weight excluding hydrogens is 288 g/mol. The first kappa shape index (κ1) is 14.9. The lowest BCUT2D eigenvalue weighted by molar-refractivity contribution is 0.255. The minimum Gasteiger partial charge on any atom is -0.508 e. The SMILES string of the molecule is Cc1cc(O)ccc1NC(=O)N/C=C/c1ccccc1Cl. The molecule has 0 unspecified atom stereocenters. The molecule has 5 heteroatoms. The Bertz CT molecular complexity index is 684. The highest BCUT2D eigenvalue weighted by Gasteiger charge is 2.03. The average Bonchev–Trinajstić information content (AvgIpc) is 2.44. The van der Waals surface area contributed by atoms with Gasteiger partial charge in [0, 0.05) is 16.9 Å². The minimum absolute atomic E-state index is 0.164. The normalized spacial score (nSPS) is 10.6. The van der Waals surface area contributed by atoms with E-state index in [1.807, 2.05) is 18.2 Å². The second kappa shape index (κ2) is 6.81. The van der Waals surface area contributed by atoms with Crippen molar-refractivity contribution in [2.45, 2.75) is 6.92 Å². The summed E-state index contributed by atoms with van der Waals surface area (Å²) in [7, 11) is 0. The quantitative estimate of drug-likeness (QED) is 0.746. The van der Waals surface area contributed by atoms with E-state index in [9.17, 15) is 9.90 Å². The number of urea groups is 1. The molecule has 0 bridgehead atoms. The van der Waals surface area contributed by atoms with Gasteiger partial charge in [-0.25, -0.2) is 4.79 Å². The van der Waals surface area contributed by atoms with Gasteiger partial charge in [0.25, 0.3) is 0 Å². The molecule has 0 saturated carbocycles. The summed E-state index contributed by atoms with van der Waals surface area (Å²) in [4.78, 5) is 11.8. The lowest BCUT2D eigenvalue weighted by Gasteiger charge is -2.08. The maximum absolute atomic E-state index is 11.8. The molecule has 4 nitrogen and oxygen atoms in total. The van der Waals surface area contributed by atoms with Crippen LogP contribution in [0, 0.1) is 6.92 Å². The number of halogens is 1. The Morgan fingerprint density at radius 1 is 1.24 bits per heavy atom. The standard InChI is InChI=1S/C16H15ClN2O2/c1-11-10-13(20)6-7-15(11)19-16(21)18-9-8-12-4-2-3-5-14(12)17/h2-10,20H,1H3,(H2,18,19,21)/b9-8+. The molecule has 0 aromatic heterocycles. The number of aromatic hydroxyl groups is 1. The largest absolute Gasteiger partial charge is 0.508 e. The first-order chi connectivity index (χ1) is 10.1. The van der Waals surface area contributed by atoms with Crippen LogP contribution in [-0.4, -0.2) is 11.1 Å². The maximum Gasteiger partial charge on any atom is 0.323 e. The highest BCUT2D eigenvalue weighted by atomic mass is 35.5. The fourth-order valence-electron chi connectivity index (χ4n) is 1.76. The number of nitrogens with one attached hydrogen (secondary N) is 2. The summed E-state index contributed by atoms with van der Waals surface area (Å²) in [6.45, 7) is 1.80. The first-order valence-electron chi connectivity index (χ1n) is 6.34. The predicted molar refractivity (Wildman–Crippen MR) is 85.5 cm³/mol. The van der Waals surface area contributed by atoms with Gasteiger partial charge >= 0.3 is 6.03 Å². The van der Waals surface area contributed by atoms with Crippen molar-refractivity contribution in [1.29, 1.82) is 0 Å². The number of phenols is 1. The van der Waals surface area contributed by atoms with Crippen molar-refractivity contribution in [3.8, 4) is 5.75 Å². The van der Waals surface area contributed by atoms with Crippen molar-refractivity contribution >= 4 is 29.4 Å². The summed E-state index contributed by atoms with van der Waals surface area (Å²) in [5.74, 6) is 0.164. The van der Waals surface area contributed by atoms with E-state index >= 15 is 0 Å². The van der Waals surface area contributed by atoms with Crippen molar-refractivity contribution in [2.75, 3.05) is 5.32 Å². The number of carbonyl (C=O) groups excluding carboxylic acids is 1. The summed E-state index contributed by atoms with van der Waals surface area (Å²) in [5, 5.41) is 15.2. The molecule has 0 spiro atoms. The van der Waals surface area contributed by atoms with Crippen LogP contribution in [0.3, 0.4) is 0 Å². The van der Waals surface area contributed by atoms with Gasteiger partial charge in [0.05, 0.1) is 0 Å². The van der Waals surface area contributed by atoms with Crippen LogP contribution in [-0.2, 0) is 0 Å². The summed E-state index contributed by atoms with van der Waals surface area (Å²) in [6, 6.07) is 11.7. The first-order valence-corrected chi connectivity index (χ1v) is 6.72. The van der Waals surface area contributed by atoms with E-state index < -0.39 is 0 Å². The molecule has 0 radical (unpaired) electrons. The lowest BCUT2D eigenvalue weighted by Crippen LogP contribution is -2.24. The molecule has 0 aliphatic carbocycles. The summed E-state index contributed by atoms with van der Waals surface area (Å²) < 4.78 is 0. The average molecular weight is 303 g/mol. The molecule has 108 valence electrons. The topological polar surface area (TPSA) is 61.4 Å². The number of benzene rings is 2. The Morgan fingerprint density at radius 2 is 2.00 bits per heavy atom. The van der Waals surface area contributed by atoms with Crippen LogP contribution >= 0.6 is 11.6 Å². The number of rotatable bonds is 3.